The molecule has 4 atom stereocenters. The number of aliphatic hydroxyl groups excluding tert-OH is 1. The summed E-state index contributed by atoms with van der Waals surface area (Å²) in [6.45, 7) is 2.94. The van der Waals surface area contributed by atoms with Crippen molar-refractivity contribution in [2.45, 2.75) is 50.8 Å². The lowest BCUT2D eigenvalue weighted by Crippen LogP contribution is -2.56. The summed E-state index contributed by atoms with van der Waals surface area (Å²) in [6, 6.07) is 0.0725. The fraction of sp³-hybridized carbons (Fsp3) is 0.923. The van der Waals surface area contributed by atoms with Crippen molar-refractivity contribution in [2.24, 2.45) is 11.7 Å². The van der Waals surface area contributed by atoms with Crippen molar-refractivity contribution < 1.29 is 14.6 Å². The number of ether oxygens (including phenoxy) is 1. The third kappa shape index (κ3) is 2.84. The largest absolute Gasteiger partial charge is 0.394 e. The summed E-state index contributed by atoms with van der Waals surface area (Å²) in [5.41, 5.74) is 6.07. The maximum absolute atomic E-state index is 12.5. The summed E-state index contributed by atoms with van der Waals surface area (Å²) in [7, 11) is 0. The normalized spacial score (nSPS) is 37.6. The third-order valence-corrected chi connectivity index (χ3v) is 4.13. The van der Waals surface area contributed by atoms with Crippen LogP contribution in [-0.4, -0.2) is 53.9 Å². The van der Waals surface area contributed by atoms with Crippen molar-refractivity contribution >= 4 is 5.91 Å². The molecule has 5 nitrogen and oxygen atoms in total. The van der Waals surface area contributed by atoms with Gasteiger partial charge in [0.05, 0.1) is 31.3 Å². The Morgan fingerprint density at radius 1 is 1.44 bits per heavy atom. The van der Waals surface area contributed by atoms with Crippen LogP contribution in [0.15, 0.2) is 0 Å². The smallest absolute Gasteiger partial charge is 0.227 e. The second-order valence-corrected chi connectivity index (χ2v) is 5.53. The first-order chi connectivity index (χ1) is 8.63. The number of nitrogens with zero attached hydrogens (tertiary/aromatic N) is 1. The van der Waals surface area contributed by atoms with E-state index in [-0.39, 0.29) is 36.6 Å². The molecule has 104 valence electrons. The summed E-state index contributed by atoms with van der Waals surface area (Å²) in [5.74, 6) is 0.107. The molecule has 0 aromatic carbocycles. The minimum absolute atomic E-state index is 0.00567. The van der Waals surface area contributed by atoms with Crippen molar-refractivity contribution in [3.05, 3.63) is 0 Å². The molecule has 0 aromatic heterocycles. The van der Waals surface area contributed by atoms with Gasteiger partial charge in [-0.15, -0.1) is 0 Å². The Morgan fingerprint density at radius 2 is 2.17 bits per heavy atom. The summed E-state index contributed by atoms with van der Waals surface area (Å²) >= 11 is 0. The van der Waals surface area contributed by atoms with Crippen LogP contribution in [0.25, 0.3) is 0 Å². The molecule has 2 aliphatic rings. The van der Waals surface area contributed by atoms with Gasteiger partial charge in [0.2, 0.25) is 5.91 Å². The van der Waals surface area contributed by atoms with Crippen molar-refractivity contribution in [1.82, 2.24) is 4.90 Å². The van der Waals surface area contributed by atoms with Gasteiger partial charge in [0.15, 0.2) is 0 Å². The van der Waals surface area contributed by atoms with Gasteiger partial charge in [-0.25, -0.2) is 0 Å². The molecule has 1 aliphatic carbocycles. The number of amides is 1. The molecule has 1 saturated heterocycles. The lowest BCUT2D eigenvalue weighted by molar-refractivity contribution is -0.151. The second kappa shape index (κ2) is 5.99. The maximum atomic E-state index is 12.5. The molecule has 4 unspecified atom stereocenters. The number of hydrogen-bond acceptors (Lipinski definition) is 4. The van der Waals surface area contributed by atoms with E-state index >= 15 is 0 Å². The molecule has 2 rings (SSSR count). The third-order valence-electron chi connectivity index (χ3n) is 4.13. The summed E-state index contributed by atoms with van der Waals surface area (Å²) < 4.78 is 5.46. The molecule has 0 spiro atoms. The van der Waals surface area contributed by atoms with E-state index in [2.05, 4.69) is 0 Å². The standard InChI is InChI=1S/C13H24N2O3/c1-9-8-18-10(7-16)6-15(9)13(17)11-4-2-3-5-12(11)14/h9-12,16H,2-8,14H2,1H3. The molecular formula is C13H24N2O3. The quantitative estimate of drug-likeness (QED) is 0.735. The average molecular weight is 256 g/mol. The number of morpholine rings is 1. The minimum atomic E-state index is -0.245. The van der Waals surface area contributed by atoms with Crippen LogP contribution < -0.4 is 5.73 Å². The molecule has 1 saturated carbocycles. The van der Waals surface area contributed by atoms with Crippen molar-refractivity contribution in [1.29, 1.82) is 0 Å². The molecule has 1 heterocycles. The highest BCUT2D eigenvalue weighted by Crippen LogP contribution is 2.26. The predicted octanol–water partition coefficient (Wildman–Crippen LogP) is 0.112. The van der Waals surface area contributed by atoms with Gasteiger partial charge in [-0.3, -0.25) is 4.79 Å². The van der Waals surface area contributed by atoms with E-state index < -0.39 is 0 Å². The minimum Gasteiger partial charge on any atom is -0.394 e. The zero-order valence-corrected chi connectivity index (χ0v) is 11.0. The molecule has 1 amide bonds. The van der Waals surface area contributed by atoms with Crippen LogP contribution in [0.1, 0.15) is 32.6 Å². The van der Waals surface area contributed by atoms with E-state index in [1.54, 1.807) is 0 Å². The van der Waals surface area contributed by atoms with Crippen LogP contribution in [0.3, 0.4) is 0 Å². The maximum Gasteiger partial charge on any atom is 0.227 e. The SMILES string of the molecule is CC1COC(CO)CN1C(=O)C1CCCCC1N. The Morgan fingerprint density at radius 3 is 2.83 bits per heavy atom. The van der Waals surface area contributed by atoms with E-state index in [1.165, 1.54) is 0 Å². The van der Waals surface area contributed by atoms with Gasteiger partial charge in [0, 0.05) is 12.6 Å². The molecule has 2 fully saturated rings. The summed E-state index contributed by atoms with van der Waals surface area (Å²) in [6.07, 6.45) is 3.81. The van der Waals surface area contributed by atoms with Gasteiger partial charge in [0.25, 0.3) is 0 Å². The van der Waals surface area contributed by atoms with E-state index in [9.17, 15) is 4.79 Å². The van der Waals surface area contributed by atoms with E-state index in [1.807, 2.05) is 11.8 Å². The van der Waals surface area contributed by atoms with Crippen molar-refractivity contribution in [3.63, 3.8) is 0 Å². The van der Waals surface area contributed by atoms with Gasteiger partial charge in [-0.2, -0.15) is 0 Å². The lowest BCUT2D eigenvalue weighted by Gasteiger charge is -2.41. The van der Waals surface area contributed by atoms with Crippen LogP contribution in [0.4, 0.5) is 0 Å². The van der Waals surface area contributed by atoms with Gasteiger partial charge in [0.1, 0.15) is 0 Å². The predicted molar refractivity (Wildman–Crippen MR) is 67.9 cm³/mol. The Balaban J connectivity index is 2.01. The van der Waals surface area contributed by atoms with Gasteiger partial charge >= 0.3 is 0 Å². The van der Waals surface area contributed by atoms with E-state index in [0.29, 0.717) is 13.2 Å². The number of carbonyl (C=O) groups is 1. The Bertz CT molecular complexity index is 298. The summed E-state index contributed by atoms with van der Waals surface area (Å²) in [4.78, 5) is 14.4. The second-order valence-electron chi connectivity index (χ2n) is 5.53. The van der Waals surface area contributed by atoms with Crippen LogP contribution in [0.2, 0.25) is 0 Å². The molecule has 18 heavy (non-hydrogen) atoms. The number of hydrogen-bond donors (Lipinski definition) is 2. The van der Waals surface area contributed by atoms with Gasteiger partial charge in [-0.05, 0) is 19.8 Å². The number of carbonyl (C=O) groups excluding carboxylic acids is 1. The van der Waals surface area contributed by atoms with E-state index in [4.69, 9.17) is 15.6 Å². The first-order valence-corrected chi connectivity index (χ1v) is 6.92. The number of rotatable bonds is 2. The molecule has 3 N–H and O–H groups in total. The monoisotopic (exact) mass is 256 g/mol. The van der Waals surface area contributed by atoms with Gasteiger partial charge in [-0.1, -0.05) is 12.8 Å². The number of nitrogens with two attached hydrogens (primary N) is 1. The Kier molecular flexibility index (Phi) is 4.59. The lowest BCUT2D eigenvalue weighted by atomic mass is 9.83. The highest BCUT2D eigenvalue weighted by molar-refractivity contribution is 5.80. The molecule has 0 aromatic rings. The first-order valence-electron chi connectivity index (χ1n) is 6.92. The number of aliphatic hydroxyl groups is 1. The Hall–Kier alpha value is -0.650. The average Bonchev–Trinajstić information content (AvgIpc) is 2.39. The topological polar surface area (TPSA) is 75.8 Å². The first kappa shape index (κ1) is 13.8. The highest BCUT2D eigenvalue weighted by atomic mass is 16.5. The van der Waals surface area contributed by atoms with Crippen LogP contribution in [-0.2, 0) is 9.53 Å². The molecule has 0 radical (unpaired) electrons. The molecule has 5 heteroatoms. The zero-order chi connectivity index (χ0) is 13.1. The Labute approximate surface area is 108 Å². The van der Waals surface area contributed by atoms with Crippen LogP contribution >= 0.6 is 0 Å². The van der Waals surface area contributed by atoms with Crippen LogP contribution in [0, 0.1) is 5.92 Å². The zero-order valence-electron chi connectivity index (χ0n) is 11.0. The molecule has 0 bridgehead atoms. The molecule has 1 aliphatic heterocycles. The summed E-state index contributed by atoms with van der Waals surface area (Å²) in [5, 5.41) is 9.15. The fourth-order valence-corrected chi connectivity index (χ4v) is 2.91. The molecular weight excluding hydrogens is 232 g/mol. The van der Waals surface area contributed by atoms with Crippen LogP contribution in [0.5, 0.6) is 0 Å². The highest BCUT2D eigenvalue weighted by Gasteiger charge is 2.36. The van der Waals surface area contributed by atoms with Crippen molar-refractivity contribution in [3.8, 4) is 0 Å². The van der Waals surface area contributed by atoms with Gasteiger partial charge < -0.3 is 20.5 Å². The van der Waals surface area contributed by atoms with Crippen molar-refractivity contribution in [2.75, 3.05) is 19.8 Å². The van der Waals surface area contributed by atoms with E-state index in [0.717, 1.165) is 25.7 Å². The fourth-order valence-electron chi connectivity index (χ4n) is 2.91.